The van der Waals surface area contributed by atoms with E-state index in [1.165, 1.54) is 44.9 Å². The third-order valence-electron chi connectivity index (χ3n) is 5.77. The second-order valence-corrected chi connectivity index (χ2v) is 8.42. The van der Waals surface area contributed by atoms with Crippen molar-refractivity contribution in [1.29, 1.82) is 0 Å². The lowest BCUT2D eigenvalue weighted by Gasteiger charge is -2.19. The molecule has 6 heteroatoms. The Morgan fingerprint density at radius 1 is 0.871 bits per heavy atom. The molecule has 0 heterocycles. The van der Waals surface area contributed by atoms with Crippen molar-refractivity contribution in [3.05, 3.63) is 29.8 Å². The standard InChI is InChI=1S/C25H38N2O4/c1-2-3-19-31-25(30)21-17-13-14-18-22(21)27-24(29)23(28)26-20-15-11-9-7-5-4-6-8-10-12-16-20/h13-14,17-18,20H,2-12,15-16,19H2,1H3,(H,26,28)(H,27,29). The van der Waals surface area contributed by atoms with Crippen molar-refractivity contribution in [2.24, 2.45) is 0 Å². The first-order valence-corrected chi connectivity index (χ1v) is 12.0. The number of nitrogens with one attached hydrogen (secondary N) is 2. The molecule has 1 aromatic carbocycles. The Labute approximate surface area is 186 Å². The second kappa shape index (κ2) is 14.6. The molecule has 31 heavy (non-hydrogen) atoms. The molecular formula is C25H38N2O4. The minimum absolute atomic E-state index is 0.0203. The molecule has 0 saturated heterocycles. The number of esters is 1. The zero-order valence-corrected chi connectivity index (χ0v) is 18.9. The van der Waals surface area contributed by atoms with Gasteiger partial charge >= 0.3 is 17.8 Å². The van der Waals surface area contributed by atoms with Crippen LogP contribution in [0, 0.1) is 0 Å². The van der Waals surface area contributed by atoms with Crippen molar-refractivity contribution in [3.8, 4) is 0 Å². The van der Waals surface area contributed by atoms with E-state index in [2.05, 4.69) is 10.6 Å². The Kier molecular flexibility index (Phi) is 11.7. The van der Waals surface area contributed by atoms with Gasteiger partial charge in [-0.15, -0.1) is 0 Å². The maximum atomic E-state index is 12.5. The van der Waals surface area contributed by atoms with E-state index in [1.54, 1.807) is 24.3 Å². The van der Waals surface area contributed by atoms with E-state index in [1.807, 2.05) is 6.92 Å². The van der Waals surface area contributed by atoms with Gasteiger partial charge in [-0.1, -0.05) is 83.3 Å². The average molecular weight is 431 g/mol. The van der Waals surface area contributed by atoms with Crippen LogP contribution in [0.4, 0.5) is 5.69 Å². The Balaban J connectivity index is 1.92. The van der Waals surface area contributed by atoms with Crippen LogP contribution in [0.3, 0.4) is 0 Å². The van der Waals surface area contributed by atoms with Crippen LogP contribution in [0.1, 0.15) is 101 Å². The minimum atomic E-state index is -0.750. The van der Waals surface area contributed by atoms with Crippen LogP contribution in [0.5, 0.6) is 0 Å². The van der Waals surface area contributed by atoms with Crippen molar-refractivity contribution in [2.75, 3.05) is 11.9 Å². The monoisotopic (exact) mass is 430 g/mol. The Morgan fingerprint density at radius 3 is 2.06 bits per heavy atom. The van der Waals surface area contributed by atoms with Crippen LogP contribution >= 0.6 is 0 Å². The van der Waals surface area contributed by atoms with E-state index in [9.17, 15) is 14.4 Å². The highest BCUT2D eigenvalue weighted by atomic mass is 16.5. The quantitative estimate of drug-likeness (QED) is 0.361. The van der Waals surface area contributed by atoms with Gasteiger partial charge in [0.1, 0.15) is 0 Å². The van der Waals surface area contributed by atoms with E-state index >= 15 is 0 Å². The minimum Gasteiger partial charge on any atom is -0.462 e. The first kappa shape index (κ1) is 24.9. The number of ether oxygens (including phenoxy) is 1. The summed E-state index contributed by atoms with van der Waals surface area (Å²) < 4.78 is 5.25. The van der Waals surface area contributed by atoms with Gasteiger partial charge in [0.25, 0.3) is 0 Å². The molecule has 0 unspecified atom stereocenters. The molecule has 1 aliphatic carbocycles. The molecule has 0 radical (unpaired) electrons. The molecule has 0 atom stereocenters. The molecule has 1 fully saturated rings. The fraction of sp³-hybridized carbons (Fsp3) is 0.640. The number of carbonyl (C=O) groups excluding carboxylic acids is 3. The molecule has 0 bridgehead atoms. The van der Waals surface area contributed by atoms with Crippen molar-refractivity contribution >= 4 is 23.5 Å². The van der Waals surface area contributed by atoms with E-state index in [-0.39, 0.29) is 11.6 Å². The van der Waals surface area contributed by atoms with Crippen molar-refractivity contribution < 1.29 is 19.1 Å². The molecular weight excluding hydrogens is 392 g/mol. The Bertz CT molecular complexity index is 693. The van der Waals surface area contributed by atoms with E-state index in [0.29, 0.717) is 12.3 Å². The number of benzene rings is 1. The predicted octanol–water partition coefficient (Wildman–Crippen LogP) is 5.37. The van der Waals surface area contributed by atoms with Crippen LogP contribution in [-0.4, -0.2) is 30.4 Å². The number of hydrogen-bond donors (Lipinski definition) is 2. The van der Waals surface area contributed by atoms with Crippen LogP contribution in [0.2, 0.25) is 0 Å². The summed E-state index contributed by atoms with van der Waals surface area (Å²) in [5.41, 5.74) is 0.550. The normalized spacial score (nSPS) is 16.4. The highest BCUT2D eigenvalue weighted by Crippen LogP contribution is 2.18. The van der Waals surface area contributed by atoms with Gasteiger partial charge in [0.15, 0.2) is 0 Å². The van der Waals surface area contributed by atoms with Gasteiger partial charge < -0.3 is 15.4 Å². The first-order chi connectivity index (χ1) is 15.1. The summed E-state index contributed by atoms with van der Waals surface area (Å²) in [5.74, 6) is -1.89. The third-order valence-corrected chi connectivity index (χ3v) is 5.77. The molecule has 1 aromatic rings. The lowest BCUT2D eigenvalue weighted by atomic mass is 9.98. The summed E-state index contributed by atoms with van der Waals surface area (Å²) >= 11 is 0. The number of amides is 2. The second-order valence-electron chi connectivity index (χ2n) is 8.42. The van der Waals surface area contributed by atoms with Gasteiger partial charge in [-0.2, -0.15) is 0 Å². The van der Waals surface area contributed by atoms with Crippen LogP contribution < -0.4 is 10.6 Å². The number of rotatable bonds is 6. The van der Waals surface area contributed by atoms with E-state index in [4.69, 9.17) is 4.74 Å². The molecule has 1 aliphatic rings. The van der Waals surface area contributed by atoms with Gasteiger partial charge in [0.05, 0.1) is 17.9 Å². The number of anilines is 1. The fourth-order valence-corrected chi connectivity index (χ4v) is 3.89. The third kappa shape index (κ3) is 9.53. The first-order valence-electron chi connectivity index (χ1n) is 12.0. The fourth-order valence-electron chi connectivity index (χ4n) is 3.89. The zero-order chi connectivity index (χ0) is 22.3. The summed E-state index contributed by atoms with van der Waals surface area (Å²) in [5, 5.41) is 5.50. The van der Waals surface area contributed by atoms with E-state index < -0.39 is 17.8 Å². The Hall–Kier alpha value is -2.37. The SMILES string of the molecule is CCCCOC(=O)c1ccccc1NC(=O)C(=O)NC1CCCCCCCCCCC1. The van der Waals surface area contributed by atoms with Gasteiger partial charge in [0.2, 0.25) is 0 Å². The summed E-state index contributed by atoms with van der Waals surface area (Å²) in [4.78, 5) is 37.4. The Morgan fingerprint density at radius 2 is 1.45 bits per heavy atom. The van der Waals surface area contributed by atoms with Crippen LogP contribution in [-0.2, 0) is 14.3 Å². The van der Waals surface area contributed by atoms with Crippen molar-refractivity contribution in [3.63, 3.8) is 0 Å². The maximum Gasteiger partial charge on any atom is 0.340 e. The molecule has 2 rings (SSSR count). The van der Waals surface area contributed by atoms with Gasteiger partial charge in [-0.25, -0.2) is 4.79 Å². The number of para-hydroxylation sites is 1. The molecule has 0 aromatic heterocycles. The van der Waals surface area contributed by atoms with Crippen LogP contribution in [0.25, 0.3) is 0 Å². The number of hydrogen-bond acceptors (Lipinski definition) is 4. The molecule has 6 nitrogen and oxygen atoms in total. The lowest BCUT2D eigenvalue weighted by Crippen LogP contribution is -2.42. The predicted molar refractivity (Wildman–Crippen MR) is 123 cm³/mol. The maximum absolute atomic E-state index is 12.5. The molecule has 0 spiro atoms. The largest absolute Gasteiger partial charge is 0.462 e. The topological polar surface area (TPSA) is 84.5 Å². The smallest absolute Gasteiger partial charge is 0.340 e. The summed E-state index contributed by atoms with van der Waals surface area (Å²) in [6.07, 6.45) is 14.4. The van der Waals surface area contributed by atoms with Gasteiger partial charge in [-0.05, 0) is 31.4 Å². The molecule has 172 valence electrons. The highest BCUT2D eigenvalue weighted by Gasteiger charge is 2.21. The highest BCUT2D eigenvalue weighted by molar-refractivity contribution is 6.40. The van der Waals surface area contributed by atoms with Crippen molar-refractivity contribution in [2.45, 2.75) is 96.4 Å². The van der Waals surface area contributed by atoms with Crippen molar-refractivity contribution in [1.82, 2.24) is 5.32 Å². The summed E-state index contributed by atoms with van der Waals surface area (Å²) in [7, 11) is 0. The zero-order valence-electron chi connectivity index (χ0n) is 18.9. The van der Waals surface area contributed by atoms with E-state index in [0.717, 1.165) is 38.5 Å². The lowest BCUT2D eigenvalue weighted by molar-refractivity contribution is -0.136. The summed E-state index contributed by atoms with van der Waals surface area (Å²) in [6.45, 7) is 2.35. The number of unbranched alkanes of at least 4 members (excludes halogenated alkanes) is 1. The average Bonchev–Trinajstić information content (AvgIpc) is 2.76. The molecule has 2 N–H and O–H groups in total. The van der Waals surface area contributed by atoms with Crippen LogP contribution in [0.15, 0.2) is 24.3 Å². The number of carbonyl (C=O) groups is 3. The molecule has 0 aliphatic heterocycles. The molecule has 1 saturated carbocycles. The molecule has 2 amide bonds. The van der Waals surface area contributed by atoms with Gasteiger partial charge in [0, 0.05) is 6.04 Å². The van der Waals surface area contributed by atoms with Gasteiger partial charge in [-0.3, -0.25) is 9.59 Å². The summed E-state index contributed by atoms with van der Waals surface area (Å²) in [6, 6.07) is 6.64.